The molecule has 4 aliphatic carbocycles. The van der Waals surface area contributed by atoms with Crippen LogP contribution in [-0.2, 0) is 14.2 Å². The Bertz CT molecular complexity index is 1390. The predicted molar refractivity (Wildman–Crippen MR) is 215 cm³/mol. The lowest BCUT2D eigenvalue weighted by Crippen LogP contribution is -2.63. The maximum atomic E-state index is 13.6. The number of β-amino-alcohol motifs (C(OH)–C–C–N with tert-alkyl or cyclic N) is 1. The molecule has 2 saturated heterocycles. The molecule has 6 fully saturated rings. The summed E-state index contributed by atoms with van der Waals surface area (Å²) in [7, 11) is 1.75. The zero-order chi connectivity index (χ0) is 40.5. The minimum atomic E-state index is -0.749. The largest absolute Gasteiger partial charge is 0.446 e. The maximum Gasteiger partial charge on any atom is 0.410 e. The van der Waals surface area contributed by atoms with Gasteiger partial charge in [0.2, 0.25) is 0 Å². The van der Waals surface area contributed by atoms with Crippen molar-refractivity contribution < 1.29 is 34.0 Å². The van der Waals surface area contributed by atoms with Crippen molar-refractivity contribution >= 4 is 12.2 Å². The molecule has 0 aromatic rings. The SMILES string of the molecule is COC(C[C@@H](C)[C@@H](C)[C@@]1(C)CCC23C[C@@]24CC[C@H](OC(=O)N2CCN(CC(C)(C)O)CC2)C(C)(C)[C@@H]4CCC3[C@]1(C)[C@H](C)O)[C@H](OC(=O)N1CCC1)C(C)C. The van der Waals surface area contributed by atoms with Gasteiger partial charge in [0, 0.05) is 63.8 Å². The summed E-state index contributed by atoms with van der Waals surface area (Å²) < 4.78 is 18.7. The molecule has 0 radical (unpaired) electrons. The average molecular weight is 774 g/mol. The van der Waals surface area contributed by atoms with Crippen LogP contribution in [0.3, 0.4) is 0 Å². The number of methoxy groups -OCH3 is 1. The molecule has 2 aliphatic heterocycles. The molecule has 55 heavy (non-hydrogen) atoms. The van der Waals surface area contributed by atoms with E-state index < -0.39 is 11.7 Å². The van der Waals surface area contributed by atoms with Crippen LogP contribution in [0, 0.1) is 56.7 Å². The van der Waals surface area contributed by atoms with E-state index in [1.54, 1.807) is 12.0 Å². The monoisotopic (exact) mass is 774 g/mol. The summed E-state index contributed by atoms with van der Waals surface area (Å²) in [5.74, 6) is 1.66. The van der Waals surface area contributed by atoms with E-state index >= 15 is 0 Å². The number of nitrogens with zero attached hydrogens (tertiary/aromatic N) is 3. The third-order valence-electron chi connectivity index (χ3n) is 17.7. The Morgan fingerprint density at radius 3 is 1.96 bits per heavy atom. The second-order valence-corrected chi connectivity index (χ2v) is 21.6. The lowest BCUT2D eigenvalue weighted by atomic mass is 9.38. The Labute approximate surface area is 333 Å². The van der Waals surface area contributed by atoms with Crippen molar-refractivity contribution in [2.24, 2.45) is 56.7 Å². The highest BCUT2D eigenvalue weighted by atomic mass is 16.6. The van der Waals surface area contributed by atoms with Crippen LogP contribution in [0.2, 0.25) is 0 Å². The normalized spacial score (nSPS) is 38.7. The topological polar surface area (TPSA) is 112 Å². The number of aliphatic hydroxyl groups excluding tert-OH is 1. The summed E-state index contributed by atoms with van der Waals surface area (Å²) in [6, 6.07) is 0. The molecule has 12 atom stereocenters. The standard InChI is InChI=1S/C45H79N3O7/c1-29(2)37(55-39(51)47-20-13-21-47)33(53-12)26-30(3)31(4)42(10)18-19-45-27-44(45)17-16-36(41(8,9)34(44)14-15-35(45)43(42,11)32(5)49)54-38(50)48-24-22-46(23-25-48)28-40(6,7)52/h29-37,49,52H,13-28H2,1-12H3/t30-,31-,32+,33?,34+,35?,36+,37-,42-,43+,44-,45?/m1/s1. The van der Waals surface area contributed by atoms with Crippen molar-refractivity contribution in [1.29, 1.82) is 0 Å². The molecule has 2 N–H and O–H groups in total. The molecule has 3 unspecified atom stereocenters. The summed E-state index contributed by atoms with van der Waals surface area (Å²) in [5.41, 5.74) is -0.776. The first-order valence-electron chi connectivity index (χ1n) is 22.1. The number of likely N-dealkylation sites (tertiary alicyclic amines) is 1. The van der Waals surface area contributed by atoms with E-state index in [0.29, 0.717) is 43.3 Å². The van der Waals surface area contributed by atoms with Gasteiger partial charge in [0.05, 0.1) is 17.8 Å². The Morgan fingerprint density at radius 1 is 0.818 bits per heavy atom. The fourth-order valence-electron chi connectivity index (χ4n) is 13.9. The van der Waals surface area contributed by atoms with E-state index in [0.717, 1.165) is 71.1 Å². The lowest BCUT2D eigenvalue weighted by molar-refractivity contribution is -0.212. The van der Waals surface area contributed by atoms with E-state index in [4.69, 9.17) is 14.2 Å². The zero-order valence-electron chi connectivity index (χ0n) is 36.8. The molecule has 4 saturated carbocycles. The van der Waals surface area contributed by atoms with E-state index in [9.17, 15) is 19.8 Å². The Morgan fingerprint density at radius 2 is 1.42 bits per heavy atom. The molecule has 10 heteroatoms. The van der Waals surface area contributed by atoms with Crippen molar-refractivity contribution in [3.63, 3.8) is 0 Å². The smallest absolute Gasteiger partial charge is 0.410 e. The van der Waals surface area contributed by atoms with Crippen LogP contribution >= 0.6 is 0 Å². The molecule has 6 aliphatic rings. The van der Waals surface area contributed by atoms with Crippen molar-refractivity contribution in [2.75, 3.05) is 52.9 Å². The van der Waals surface area contributed by atoms with Crippen molar-refractivity contribution in [2.45, 2.75) is 164 Å². The van der Waals surface area contributed by atoms with E-state index in [1.807, 2.05) is 18.7 Å². The number of rotatable bonds is 12. The first-order valence-corrected chi connectivity index (χ1v) is 22.1. The first-order chi connectivity index (χ1) is 25.6. The van der Waals surface area contributed by atoms with Crippen LogP contribution < -0.4 is 0 Å². The van der Waals surface area contributed by atoms with Gasteiger partial charge in [-0.25, -0.2) is 9.59 Å². The predicted octanol–water partition coefficient (Wildman–Crippen LogP) is 7.83. The molecule has 2 amide bonds. The van der Waals surface area contributed by atoms with E-state index in [-0.39, 0.29) is 63.5 Å². The van der Waals surface area contributed by atoms with E-state index in [2.05, 4.69) is 67.2 Å². The highest BCUT2D eigenvalue weighted by molar-refractivity contribution is 5.69. The molecular formula is C45H79N3O7. The van der Waals surface area contributed by atoms with Gasteiger partial charge >= 0.3 is 12.2 Å². The minimum absolute atomic E-state index is 0.0910. The third kappa shape index (κ3) is 7.25. The van der Waals surface area contributed by atoms with Gasteiger partial charge in [0.15, 0.2) is 0 Å². The molecule has 0 aromatic carbocycles. The fourth-order valence-corrected chi connectivity index (χ4v) is 13.9. The van der Waals surface area contributed by atoms with Gasteiger partial charge in [-0.1, -0.05) is 55.4 Å². The number of ether oxygens (including phenoxy) is 3. The van der Waals surface area contributed by atoms with Crippen LogP contribution in [0.4, 0.5) is 9.59 Å². The summed E-state index contributed by atoms with van der Waals surface area (Å²) in [5, 5.41) is 22.3. The fraction of sp³-hybridized carbons (Fsp3) is 0.956. The molecule has 6 rings (SSSR count). The number of amides is 2. The lowest BCUT2D eigenvalue weighted by Gasteiger charge is -2.66. The van der Waals surface area contributed by atoms with Gasteiger partial charge in [-0.15, -0.1) is 0 Å². The maximum absolute atomic E-state index is 13.6. The Kier molecular flexibility index (Phi) is 11.9. The molecular weight excluding hydrogens is 695 g/mol. The summed E-state index contributed by atoms with van der Waals surface area (Å²) >= 11 is 0. The van der Waals surface area contributed by atoms with Gasteiger partial charge in [-0.3, -0.25) is 4.90 Å². The van der Waals surface area contributed by atoms with Gasteiger partial charge in [-0.05, 0) is 124 Å². The molecule has 0 aromatic heterocycles. The van der Waals surface area contributed by atoms with Crippen molar-refractivity contribution in [3.8, 4) is 0 Å². The molecule has 0 bridgehead atoms. The summed E-state index contributed by atoms with van der Waals surface area (Å²) in [6.45, 7) is 29.3. The molecule has 10 nitrogen and oxygen atoms in total. The van der Waals surface area contributed by atoms with Crippen molar-refractivity contribution in [1.82, 2.24) is 14.7 Å². The first kappa shape index (κ1) is 43.0. The highest BCUT2D eigenvalue weighted by Gasteiger charge is 2.82. The average Bonchev–Trinajstić information content (AvgIpc) is 3.75. The molecule has 2 spiro atoms. The van der Waals surface area contributed by atoms with Crippen LogP contribution in [0.5, 0.6) is 0 Å². The van der Waals surface area contributed by atoms with Gasteiger partial charge in [-0.2, -0.15) is 0 Å². The Balaban J connectivity index is 1.14. The second-order valence-electron chi connectivity index (χ2n) is 21.6. The highest BCUT2D eigenvalue weighted by Crippen LogP contribution is 2.88. The number of carbonyl (C=O) groups excluding carboxylic acids is 2. The van der Waals surface area contributed by atoms with Crippen molar-refractivity contribution in [3.05, 3.63) is 0 Å². The third-order valence-corrected chi connectivity index (χ3v) is 17.7. The number of aliphatic hydroxyl groups is 2. The van der Waals surface area contributed by atoms with Gasteiger partial charge in [0.1, 0.15) is 12.2 Å². The number of piperazine rings is 1. The zero-order valence-corrected chi connectivity index (χ0v) is 36.8. The summed E-state index contributed by atoms with van der Waals surface area (Å²) in [4.78, 5) is 32.4. The molecule has 316 valence electrons. The molecule has 2 heterocycles. The van der Waals surface area contributed by atoms with Crippen LogP contribution in [0.25, 0.3) is 0 Å². The van der Waals surface area contributed by atoms with Crippen LogP contribution in [0.1, 0.15) is 134 Å². The minimum Gasteiger partial charge on any atom is -0.446 e. The summed E-state index contributed by atoms with van der Waals surface area (Å²) in [6.07, 6.45) is 8.06. The Hall–Kier alpha value is -1.62. The van der Waals surface area contributed by atoms with Crippen LogP contribution in [-0.4, -0.2) is 120 Å². The van der Waals surface area contributed by atoms with E-state index in [1.165, 1.54) is 12.8 Å². The number of hydrogen-bond donors (Lipinski definition) is 2. The second kappa shape index (κ2) is 15.2. The number of hydrogen-bond acceptors (Lipinski definition) is 8. The van der Waals surface area contributed by atoms with Gasteiger partial charge < -0.3 is 34.2 Å². The number of carbonyl (C=O) groups is 2. The quantitative estimate of drug-likeness (QED) is 0.207. The van der Waals surface area contributed by atoms with Crippen LogP contribution in [0.15, 0.2) is 0 Å². The van der Waals surface area contributed by atoms with Gasteiger partial charge in [0.25, 0.3) is 0 Å².